The maximum atomic E-state index is 12.4. The average Bonchev–Trinajstić information content (AvgIpc) is 2.93. The van der Waals surface area contributed by atoms with Crippen LogP contribution >= 0.6 is 11.3 Å². The number of nitrogens with one attached hydrogen (secondary N) is 2. The Morgan fingerprint density at radius 3 is 2.83 bits per heavy atom. The molecule has 7 heteroatoms. The van der Waals surface area contributed by atoms with Crippen LogP contribution < -0.4 is 10.0 Å². The van der Waals surface area contributed by atoms with Crippen molar-refractivity contribution in [2.45, 2.75) is 36.9 Å². The molecule has 0 atom stereocenters. The van der Waals surface area contributed by atoms with Gasteiger partial charge in [-0.3, -0.25) is 4.79 Å². The van der Waals surface area contributed by atoms with Crippen LogP contribution in [0.3, 0.4) is 0 Å². The molecule has 1 aliphatic rings. The van der Waals surface area contributed by atoms with E-state index in [2.05, 4.69) is 10.0 Å². The van der Waals surface area contributed by atoms with Crippen molar-refractivity contribution in [2.75, 3.05) is 6.54 Å². The Morgan fingerprint density at radius 1 is 1.25 bits per heavy atom. The fourth-order valence-electron chi connectivity index (χ4n) is 2.73. The molecule has 0 unspecified atom stereocenters. The molecule has 0 radical (unpaired) electrons. The van der Waals surface area contributed by atoms with Gasteiger partial charge >= 0.3 is 0 Å². The van der Waals surface area contributed by atoms with Crippen LogP contribution in [-0.2, 0) is 29.4 Å². The molecule has 0 spiro atoms. The molecule has 1 aromatic carbocycles. The lowest BCUT2D eigenvalue weighted by atomic mass is 10.0. The van der Waals surface area contributed by atoms with Gasteiger partial charge in [-0.05, 0) is 61.2 Å². The molecule has 0 saturated carbocycles. The normalized spacial score (nSPS) is 14.7. The van der Waals surface area contributed by atoms with Gasteiger partial charge in [0.25, 0.3) is 15.9 Å². The molecule has 5 nitrogen and oxygen atoms in total. The number of sulfonamides is 1. The predicted octanol–water partition coefficient (Wildman–Crippen LogP) is 2.47. The SMILES string of the molecule is CCc1ccc(S(=O)(=O)NC(=O)c2ccc3c(c2)CNCCC3)s1. The van der Waals surface area contributed by atoms with E-state index in [1.165, 1.54) is 16.9 Å². The van der Waals surface area contributed by atoms with Gasteiger partial charge in [-0.1, -0.05) is 13.0 Å². The molecular weight excluding hydrogens is 344 g/mol. The van der Waals surface area contributed by atoms with E-state index < -0.39 is 15.9 Å². The minimum absolute atomic E-state index is 0.170. The zero-order valence-electron chi connectivity index (χ0n) is 13.5. The molecule has 128 valence electrons. The smallest absolute Gasteiger partial charge is 0.273 e. The summed E-state index contributed by atoms with van der Waals surface area (Å²) in [5.74, 6) is -0.589. The Balaban J connectivity index is 1.80. The summed E-state index contributed by atoms with van der Waals surface area (Å²) in [6.45, 7) is 3.61. The Hall–Kier alpha value is -1.70. The number of hydrogen-bond acceptors (Lipinski definition) is 5. The summed E-state index contributed by atoms with van der Waals surface area (Å²) in [5.41, 5.74) is 2.64. The van der Waals surface area contributed by atoms with Gasteiger partial charge in [-0.2, -0.15) is 0 Å². The second-order valence-corrected chi connectivity index (χ2v) is 8.85. The summed E-state index contributed by atoms with van der Waals surface area (Å²) in [6.07, 6.45) is 2.80. The highest BCUT2D eigenvalue weighted by Crippen LogP contribution is 2.22. The van der Waals surface area contributed by atoms with Gasteiger partial charge in [0.15, 0.2) is 0 Å². The van der Waals surface area contributed by atoms with Crippen molar-refractivity contribution in [3.63, 3.8) is 0 Å². The average molecular weight is 364 g/mol. The number of thiophene rings is 1. The van der Waals surface area contributed by atoms with Gasteiger partial charge in [0, 0.05) is 17.0 Å². The summed E-state index contributed by atoms with van der Waals surface area (Å²) in [6, 6.07) is 8.72. The van der Waals surface area contributed by atoms with Crippen molar-refractivity contribution in [1.29, 1.82) is 0 Å². The number of benzene rings is 1. The lowest BCUT2D eigenvalue weighted by molar-refractivity contribution is 0.0981. The molecule has 3 rings (SSSR count). The lowest BCUT2D eigenvalue weighted by Gasteiger charge is -2.09. The van der Waals surface area contributed by atoms with Gasteiger partial charge in [-0.25, -0.2) is 13.1 Å². The monoisotopic (exact) mass is 364 g/mol. The van der Waals surface area contributed by atoms with Crippen LogP contribution in [0.25, 0.3) is 0 Å². The van der Waals surface area contributed by atoms with Gasteiger partial charge in [0.2, 0.25) is 0 Å². The fourth-order valence-corrected chi connectivity index (χ4v) is 5.00. The van der Waals surface area contributed by atoms with Crippen molar-refractivity contribution in [3.8, 4) is 0 Å². The molecule has 2 heterocycles. The number of fused-ring (bicyclic) bond motifs is 1. The molecule has 24 heavy (non-hydrogen) atoms. The Morgan fingerprint density at radius 2 is 2.08 bits per heavy atom. The summed E-state index contributed by atoms with van der Waals surface area (Å²) in [4.78, 5) is 13.3. The number of hydrogen-bond donors (Lipinski definition) is 2. The van der Waals surface area contributed by atoms with Crippen molar-refractivity contribution in [1.82, 2.24) is 10.0 Å². The first-order valence-electron chi connectivity index (χ1n) is 7.98. The summed E-state index contributed by atoms with van der Waals surface area (Å²) in [5, 5.41) is 3.30. The third-order valence-electron chi connectivity index (χ3n) is 4.06. The Kier molecular flexibility index (Phi) is 5.03. The van der Waals surface area contributed by atoms with E-state index in [0.717, 1.165) is 36.2 Å². The Bertz CT molecular complexity index is 856. The number of amides is 1. The van der Waals surface area contributed by atoms with E-state index in [4.69, 9.17) is 0 Å². The van der Waals surface area contributed by atoms with E-state index >= 15 is 0 Å². The zero-order chi connectivity index (χ0) is 17.2. The number of carbonyl (C=O) groups excluding carboxylic acids is 1. The standard InChI is InChI=1S/C17H20N2O3S2/c1-2-15-7-8-16(23-15)24(21,22)19-17(20)13-6-5-12-4-3-9-18-11-14(12)10-13/h5-8,10,18H,2-4,9,11H2,1H3,(H,19,20). The number of aryl methyl sites for hydroxylation is 2. The molecular formula is C17H20N2O3S2. The van der Waals surface area contributed by atoms with Crippen LogP contribution in [0, 0.1) is 0 Å². The lowest BCUT2D eigenvalue weighted by Crippen LogP contribution is -2.30. The van der Waals surface area contributed by atoms with Crippen molar-refractivity contribution < 1.29 is 13.2 Å². The van der Waals surface area contributed by atoms with Crippen LogP contribution in [0.4, 0.5) is 0 Å². The van der Waals surface area contributed by atoms with Gasteiger partial charge in [0.1, 0.15) is 4.21 Å². The van der Waals surface area contributed by atoms with E-state index in [1.54, 1.807) is 24.3 Å². The number of rotatable bonds is 4. The van der Waals surface area contributed by atoms with Crippen LogP contribution in [-0.4, -0.2) is 20.9 Å². The van der Waals surface area contributed by atoms with Gasteiger partial charge < -0.3 is 5.32 Å². The minimum Gasteiger partial charge on any atom is -0.313 e. The highest BCUT2D eigenvalue weighted by atomic mass is 32.2. The summed E-state index contributed by atoms with van der Waals surface area (Å²) in [7, 11) is -3.82. The molecule has 2 N–H and O–H groups in total. The molecule has 0 bridgehead atoms. The summed E-state index contributed by atoms with van der Waals surface area (Å²) < 4.78 is 27.1. The van der Waals surface area contributed by atoms with Gasteiger partial charge in [-0.15, -0.1) is 11.3 Å². The quantitative estimate of drug-likeness (QED) is 0.874. The van der Waals surface area contributed by atoms with Crippen molar-refractivity contribution in [3.05, 3.63) is 51.9 Å². The van der Waals surface area contributed by atoms with E-state index in [9.17, 15) is 13.2 Å². The van der Waals surface area contributed by atoms with E-state index in [1.807, 2.05) is 13.0 Å². The van der Waals surface area contributed by atoms with Crippen LogP contribution in [0.5, 0.6) is 0 Å². The first-order valence-corrected chi connectivity index (χ1v) is 10.3. The van der Waals surface area contributed by atoms with Crippen molar-refractivity contribution in [2.24, 2.45) is 0 Å². The Labute approximate surface area is 146 Å². The minimum atomic E-state index is -3.82. The summed E-state index contributed by atoms with van der Waals surface area (Å²) >= 11 is 1.19. The number of carbonyl (C=O) groups is 1. The fraction of sp³-hybridized carbons (Fsp3) is 0.353. The highest BCUT2D eigenvalue weighted by Gasteiger charge is 2.21. The second-order valence-electron chi connectivity index (χ2n) is 5.77. The predicted molar refractivity (Wildman–Crippen MR) is 94.8 cm³/mol. The van der Waals surface area contributed by atoms with E-state index in [-0.39, 0.29) is 4.21 Å². The largest absolute Gasteiger partial charge is 0.313 e. The van der Waals surface area contributed by atoms with Crippen LogP contribution in [0.1, 0.15) is 39.7 Å². The molecule has 1 aliphatic heterocycles. The van der Waals surface area contributed by atoms with Crippen LogP contribution in [0.15, 0.2) is 34.5 Å². The molecule has 2 aromatic rings. The maximum absolute atomic E-state index is 12.4. The maximum Gasteiger partial charge on any atom is 0.273 e. The molecule has 0 fully saturated rings. The first-order chi connectivity index (χ1) is 11.5. The molecule has 0 saturated heterocycles. The highest BCUT2D eigenvalue weighted by molar-refractivity contribution is 7.92. The zero-order valence-corrected chi connectivity index (χ0v) is 15.1. The third kappa shape index (κ3) is 3.68. The molecule has 1 aromatic heterocycles. The first kappa shape index (κ1) is 17.1. The second kappa shape index (κ2) is 7.04. The topological polar surface area (TPSA) is 75.3 Å². The van der Waals surface area contributed by atoms with Crippen molar-refractivity contribution >= 4 is 27.3 Å². The molecule has 1 amide bonds. The third-order valence-corrected chi connectivity index (χ3v) is 7.11. The van der Waals surface area contributed by atoms with E-state index in [0.29, 0.717) is 12.1 Å². The molecule has 0 aliphatic carbocycles. The van der Waals surface area contributed by atoms with Crippen LogP contribution in [0.2, 0.25) is 0 Å². The van der Waals surface area contributed by atoms with Gasteiger partial charge in [0.05, 0.1) is 0 Å².